The molecule has 0 atom stereocenters. The van der Waals surface area contributed by atoms with Crippen LogP contribution in [0, 0.1) is 19.7 Å². The third-order valence-corrected chi connectivity index (χ3v) is 4.96. The molecular weight excluding hydrogens is 381 g/mol. The third kappa shape index (κ3) is 4.34. The van der Waals surface area contributed by atoms with E-state index in [1.54, 1.807) is 40.9 Å². The Morgan fingerprint density at radius 2 is 1.79 bits per heavy atom. The maximum Gasteiger partial charge on any atom is 0.253 e. The van der Waals surface area contributed by atoms with Crippen LogP contribution >= 0.6 is 11.6 Å². The first-order valence-corrected chi connectivity index (χ1v) is 9.20. The largest absolute Gasteiger partial charge is 0.492 e. The topological polar surface area (TPSA) is 47.4 Å². The van der Waals surface area contributed by atoms with Gasteiger partial charge >= 0.3 is 0 Å². The molecule has 5 nitrogen and oxygen atoms in total. The summed E-state index contributed by atoms with van der Waals surface area (Å²) in [5.41, 5.74) is 3.03. The first kappa shape index (κ1) is 19.9. The summed E-state index contributed by atoms with van der Waals surface area (Å²) < 4.78 is 20.2. The number of likely N-dealkylation sites (N-methyl/N-ethyl adjacent to an activating group) is 1. The van der Waals surface area contributed by atoms with Gasteiger partial charge in [0, 0.05) is 12.6 Å². The van der Waals surface area contributed by atoms with Crippen molar-refractivity contribution in [2.75, 3.05) is 20.2 Å². The lowest BCUT2D eigenvalue weighted by molar-refractivity contribution is 0.0774. The summed E-state index contributed by atoms with van der Waals surface area (Å²) in [6, 6.07) is 13.0. The van der Waals surface area contributed by atoms with Gasteiger partial charge in [0.25, 0.3) is 5.91 Å². The van der Waals surface area contributed by atoms with Crippen LogP contribution in [0.5, 0.6) is 5.75 Å². The van der Waals surface area contributed by atoms with E-state index in [0.29, 0.717) is 29.5 Å². The maximum atomic E-state index is 12.9. The Balaban J connectivity index is 1.60. The zero-order valence-corrected chi connectivity index (χ0v) is 16.7. The number of hydrogen-bond acceptors (Lipinski definition) is 3. The van der Waals surface area contributed by atoms with Crippen LogP contribution in [-0.2, 0) is 0 Å². The van der Waals surface area contributed by atoms with Crippen LogP contribution in [-0.4, -0.2) is 40.8 Å². The summed E-state index contributed by atoms with van der Waals surface area (Å²) in [5.74, 6) is 0.140. The predicted octanol–water partition coefficient (Wildman–Crippen LogP) is 4.43. The molecule has 0 unspecified atom stereocenters. The lowest BCUT2D eigenvalue weighted by atomic mass is 10.2. The lowest BCUT2D eigenvalue weighted by Gasteiger charge is -2.18. The van der Waals surface area contributed by atoms with Crippen molar-refractivity contribution in [2.45, 2.75) is 13.8 Å². The molecule has 0 fully saturated rings. The van der Waals surface area contributed by atoms with Crippen molar-refractivity contribution in [1.82, 2.24) is 14.7 Å². The minimum absolute atomic E-state index is 0.111. The second kappa shape index (κ2) is 8.44. The molecule has 0 aliphatic heterocycles. The highest BCUT2D eigenvalue weighted by molar-refractivity contribution is 6.31. The summed E-state index contributed by atoms with van der Waals surface area (Å²) >= 11 is 6.20. The Kier molecular flexibility index (Phi) is 5.99. The van der Waals surface area contributed by atoms with Gasteiger partial charge in [-0.15, -0.1) is 0 Å². The molecule has 3 rings (SSSR count). The highest BCUT2D eigenvalue weighted by atomic mass is 35.5. The van der Waals surface area contributed by atoms with E-state index in [4.69, 9.17) is 16.3 Å². The molecule has 146 valence electrons. The number of carbonyl (C=O) groups excluding carboxylic acids is 1. The first-order chi connectivity index (χ1) is 13.4. The molecular formula is C21H21ClFN3O2. The molecule has 0 radical (unpaired) electrons. The highest BCUT2D eigenvalue weighted by Gasteiger charge is 2.14. The molecule has 0 saturated heterocycles. The molecule has 3 aromatic rings. The Morgan fingerprint density at radius 3 is 2.36 bits per heavy atom. The lowest BCUT2D eigenvalue weighted by Crippen LogP contribution is -2.30. The molecule has 28 heavy (non-hydrogen) atoms. The fraction of sp³-hybridized carbons (Fsp3) is 0.238. The molecule has 0 aliphatic carbocycles. The minimum atomic E-state index is -0.314. The Bertz CT molecular complexity index is 969. The number of halogens is 2. The summed E-state index contributed by atoms with van der Waals surface area (Å²) in [5, 5.41) is 5.05. The van der Waals surface area contributed by atoms with Crippen LogP contribution in [0.4, 0.5) is 4.39 Å². The quantitative estimate of drug-likeness (QED) is 0.613. The fourth-order valence-electron chi connectivity index (χ4n) is 2.77. The molecule has 1 aromatic heterocycles. The predicted molar refractivity (Wildman–Crippen MR) is 107 cm³/mol. The molecule has 7 heteroatoms. The van der Waals surface area contributed by atoms with E-state index in [0.717, 1.165) is 17.1 Å². The molecule has 1 heterocycles. The number of rotatable bonds is 6. The number of benzene rings is 2. The number of ether oxygens (including phenoxy) is 1. The van der Waals surface area contributed by atoms with Crippen LogP contribution in [0.15, 0.2) is 48.5 Å². The van der Waals surface area contributed by atoms with Gasteiger partial charge in [0.15, 0.2) is 0 Å². The van der Waals surface area contributed by atoms with Gasteiger partial charge in [0.2, 0.25) is 0 Å². The van der Waals surface area contributed by atoms with Gasteiger partial charge in [-0.1, -0.05) is 11.6 Å². The van der Waals surface area contributed by atoms with Crippen molar-refractivity contribution in [3.05, 3.63) is 76.3 Å². The zero-order chi connectivity index (χ0) is 20.3. The third-order valence-electron chi connectivity index (χ3n) is 4.42. The van der Waals surface area contributed by atoms with Gasteiger partial charge in [-0.25, -0.2) is 9.07 Å². The minimum Gasteiger partial charge on any atom is -0.492 e. The van der Waals surface area contributed by atoms with Gasteiger partial charge < -0.3 is 9.64 Å². The van der Waals surface area contributed by atoms with Crippen molar-refractivity contribution in [3.8, 4) is 11.4 Å². The Hall–Kier alpha value is -2.86. The molecule has 0 saturated carbocycles. The van der Waals surface area contributed by atoms with E-state index in [2.05, 4.69) is 5.10 Å². The SMILES string of the molecule is Cc1nn(-c2ccc(C(=O)N(C)CCOc3ccc(F)cc3)cc2)c(C)c1Cl. The molecule has 1 amide bonds. The van der Waals surface area contributed by atoms with Crippen molar-refractivity contribution in [2.24, 2.45) is 0 Å². The highest BCUT2D eigenvalue weighted by Crippen LogP contribution is 2.22. The molecule has 0 bridgehead atoms. The normalized spacial score (nSPS) is 10.8. The average Bonchev–Trinajstić information content (AvgIpc) is 2.96. The van der Waals surface area contributed by atoms with Crippen LogP contribution in [0.25, 0.3) is 5.69 Å². The van der Waals surface area contributed by atoms with Crippen LogP contribution in [0.2, 0.25) is 5.02 Å². The average molecular weight is 402 g/mol. The van der Waals surface area contributed by atoms with E-state index in [1.807, 2.05) is 26.0 Å². The molecule has 0 N–H and O–H groups in total. The second-order valence-corrected chi connectivity index (χ2v) is 6.85. The van der Waals surface area contributed by atoms with E-state index >= 15 is 0 Å². The number of hydrogen-bond donors (Lipinski definition) is 0. The van der Waals surface area contributed by atoms with Gasteiger partial charge in [-0.05, 0) is 62.4 Å². The standard InChI is InChI=1S/C21H21ClFN3O2/c1-14-20(22)15(2)26(24-14)18-8-4-16(5-9-18)21(27)25(3)12-13-28-19-10-6-17(23)7-11-19/h4-11H,12-13H2,1-3H3. The molecule has 2 aromatic carbocycles. The summed E-state index contributed by atoms with van der Waals surface area (Å²) in [7, 11) is 1.71. The van der Waals surface area contributed by atoms with Gasteiger partial charge in [-0.3, -0.25) is 4.79 Å². The van der Waals surface area contributed by atoms with Crippen molar-refractivity contribution in [1.29, 1.82) is 0 Å². The van der Waals surface area contributed by atoms with E-state index in [9.17, 15) is 9.18 Å². The number of amides is 1. The van der Waals surface area contributed by atoms with E-state index in [-0.39, 0.29) is 11.7 Å². The van der Waals surface area contributed by atoms with Gasteiger partial charge in [-0.2, -0.15) is 5.10 Å². The molecule has 0 spiro atoms. The van der Waals surface area contributed by atoms with Crippen LogP contribution < -0.4 is 4.74 Å². The van der Waals surface area contributed by atoms with Gasteiger partial charge in [0.1, 0.15) is 18.2 Å². The van der Waals surface area contributed by atoms with E-state index < -0.39 is 0 Å². The zero-order valence-electron chi connectivity index (χ0n) is 15.9. The van der Waals surface area contributed by atoms with Gasteiger partial charge in [0.05, 0.1) is 28.6 Å². The number of aromatic nitrogens is 2. The monoisotopic (exact) mass is 401 g/mol. The smallest absolute Gasteiger partial charge is 0.253 e. The number of carbonyl (C=O) groups is 1. The van der Waals surface area contributed by atoms with E-state index in [1.165, 1.54) is 12.1 Å². The molecule has 0 aliphatic rings. The summed E-state index contributed by atoms with van der Waals surface area (Å²) in [6.45, 7) is 4.48. The number of nitrogens with zero attached hydrogens (tertiary/aromatic N) is 3. The maximum absolute atomic E-state index is 12.9. The van der Waals surface area contributed by atoms with Crippen LogP contribution in [0.1, 0.15) is 21.7 Å². The Morgan fingerprint density at radius 1 is 1.14 bits per heavy atom. The second-order valence-electron chi connectivity index (χ2n) is 6.47. The summed E-state index contributed by atoms with van der Waals surface area (Å²) in [6.07, 6.45) is 0. The Labute approximate surface area is 168 Å². The summed E-state index contributed by atoms with van der Waals surface area (Å²) in [4.78, 5) is 14.2. The van der Waals surface area contributed by atoms with Crippen molar-refractivity contribution in [3.63, 3.8) is 0 Å². The number of aryl methyl sites for hydroxylation is 1. The van der Waals surface area contributed by atoms with Crippen molar-refractivity contribution < 1.29 is 13.9 Å². The van der Waals surface area contributed by atoms with Crippen LogP contribution in [0.3, 0.4) is 0 Å². The fourth-order valence-corrected chi connectivity index (χ4v) is 2.89. The van der Waals surface area contributed by atoms with Crippen molar-refractivity contribution >= 4 is 17.5 Å². The first-order valence-electron chi connectivity index (χ1n) is 8.83.